The lowest BCUT2D eigenvalue weighted by atomic mass is 10.0. The first-order valence-electron chi connectivity index (χ1n) is 5.38. The van der Waals surface area contributed by atoms with Gasteiger partial charge < -0.3 is 4.90 Å². The molecule has 0 aliphatic heterocycles. The second-order valence-corrected chi connectivity index (χ2v) is 3.80. The highest BCUT2D eigenvalue weighted by atomic mass is 16.2. The summed E-state index contributed by atoms with van der Waals surface area (Å²) in [6, 6.07) is 0. The quantitative estimate of drug-likeness (QED) is 0.623. The third kappa shape index (κ3) is 4.91. The van der Waals surface area contributed by atoms with Crippen molar-refractivity contribution in [2.75, 3.05) is 13.6 Å². The molecule has 0 aliphatic carbocycles. The Morgan fingerprint density at radius 2 is 1.92 bits per heavy atom. The molecule has 0 heterocycles. The van der Waals surface area contributed by atoms with Crippen LogP contribution in [-0.4, -0.2) is 24.4 Å². The van der Waals surface area contributed by atoms with E-state index < -0.39 is 0 Å². The highest BCUT2D eigenvalue weighted by Crippen LogP contribution is 2.10. The van der Waals surface area contributed by atoms with Gasteiger partial charge in [0.15, 0.2) is 0 Å². The van der Waals surface area contributed by atoms with Crippen LogP contribution in [0.4, 0.5) is 0 Å². The van der Waals surface area contributed by atoms with Crippen molar-refractivity contribution in [3.8, 4) is 0 Å². The Bertz CT molecular complexity index is 145. The summed E-state index contributed by atoms with van der Waals surface area (Å²) in [4.78, 5) is 13.5. The average Bonchev–Trinajstić information content (AvgIpc) is 2.13. The lowest BCUT2D eigenvalue weighted by Crippen LogP contribution is -2.32. The van der Waals surface area contributed by atoms with Crippen LogP contribution in [0.3, 0.4) is 0 Å². The Labute approximate surface area is 82.3 Å². The molecular weight excluding hydrogens is 162 g/mol. The molecule has 0 aromatic rings. The van der Waals surface area contributed by atoms with E-state index in [1.807, 2.05) is 18.9 Å². The van der Waals surface area contributed by atoms with Gasteiger partial charge in [0.2, 0.25) is 5.91 Å². The number of nitrogens with zero attached hydrogens (tertiary/aromatic N) is 1. The Kier molecular flexibility index (Phi) is 6.65. The molecule has 0 saturated heterocycles. The molecule has 2 nitrogen and oxygen atoms in total. The van der Waals surface area contributed by atoms with Gasteiger partial charge in [0.25, 0.3) is 0 Å². The molecule has 0 rings (SSSR count). The number of hydrogen-bond acceptors (Lipinski definition) is 1. The van der Waals surface area contributed by atoms with Crippen molar-refractivity contribution in [1.82, 2.24) is 4.90 Å². The summed E-state index contributed by atoms with van der Waals surface area (Å²) < 4.78 is 0. The fourth-order valence-electron chi connectivity index (χ4n) is 1.46. The number of hydrogen-bond donors (Lipinski definition) is 0. The number of rotatable bonds is 6. The standard InChI is InChI=1S/C11H23NO/c1-5-7-8-10(3)11(13)12(4)9-6-2/h10H,5-9H2,1-4H3. The predicted molar refractivity (Wildman–Crippen MR) is 56.6 cm³/mol. The second-order valence-electron chi connectivity index (χ2n) is 3.80. The molecule has 0 spiro atoms. The van der Waals surface area contributed by atoms with Gasteiger partial charge in [0.05, 0.1) is 0 Å². The number of amides is 1. The maximum atomic E-state index is 11.7. The van der Waals surface area contributed by atoms with Crippen LogP contribution in [0.15, 0.2) is 0 Å². The van der Waals surface area contributed by atoms with E-state index in [0.29, 0.717) is 5.91 Å². The highest BCUT2D eigenvalue weighted by Gasteiger charge is 2.15. The van der Waals surface area contributed by atoms with Crippen LogP contribution in [0.2, 0.25) is 0 Å². The maximum absolute atomic E-state index is 11.7. The molecule has 0 fully saturated rings. The third-order valence-corrected chi connectivity index (χ3v) is 2.35. The molecule has 1 unspecified atom stereocenters. The molecule has 0 aliphatic rings. The normalized spacial score (nSPS) is 12.6. The van der Waals surface area contributed by atoms with Crippen LogP contribution in [0, 0.1) is 5.92 Å². The molecular formula is C11H23NO. The minimum absolute atomic E-state index is 0.205. The number of carbonyl (C=O) groups is 1. The van der Waals surface area contributed by atoms with Crippen molar-refractivity contribution in [3.63, 3.8) is 0 Å². The van der Waals surface area contributed by atoms with Crippen LogP contribution in [0.25, 0.3) is 0 Å². The van der Waals surface area contributed by atoms with Crippen molar-refractivity contribution in [1.29, 1.82) is 0 Å². The van der Waals surface area contributed by atoms with E-state index in [9.17, 15) is 4.79 Å². The van der Waals surface area contributed by atoms with Crippen molar-refractivity contribution in [2.45, 2.75) is 46.5 Å². The second kappa shape index (κ2) is 6.93. The first-order chi connectivity index (χ1) is 6.13. The topological polar surface area (TPSA) is 20.3 Å². The van der Waals surface area contributed by atoms with Gasteiger partial charge in [-0.1, -0.05) is 33.6 Å². The van der Waals surface area contributed by atoms with E-state index >= 15 is 0 Å². The van der Waals surface area contributed by atoms with Crippen LogP contribution in [-0.2, 0) is 4.79 Å². The summed E-state index contributed by atoms with van der Waals surface area (Å²) >= 11 is 0. The minimum Gasteiger partial charge on any atom is -0.346 e. The Balaban J connectivity index is 3.79. The van der Waals surface area contributed by atoms with E-state index in [-0.39, 0.29) is 5.92 Å². The van der Waals surface area contributed by atoms with Gasteiger partial charge in [-0.05, 0) is 12.8 Å². The van der Waals surface area contributed by atoms with Crippen molar-refractivity contribution >= 4 is 5.91 Å². The first-order valence-corrected chi connectivity index (χ1v) is 5.38. The smallest absolute Gasteiger partial charge is 0.225 e. The Morgan fingerprint density at radius 1 is 1.31 bits per heavy atom. The van der Waals surface area contributed by atoms with Gasteiger partial charge in [-0.2, -0.15) is 0 Å². The summed E-state index contributed by atoms with van der Waals surface area (Å²) in [6.45, 7) is 7.17. The maximum Gasteiger partial charge on any atom is 0.225 e. The van der Waals surface area contributed by atoms with Gasteiger partial charge in [-0.25, -0.2) is 0 Å². The Hall–Kier alpha value is -0.530. The fourth-order valence-corrected chi connectivity index (χ4v) is 1.46. The largest absolute Gasteiger partial charge is 0.346 e. The zero-order valence-corrected chi connectivity index (χ0v) is 9.47. The van der Waals surface area contributed by atoms with Crippen LogP contribution in [0.1, 0.15) is 46.5 Å². The van der Waals surface area contributed by atoms with E-state index in [1.165, 1.54) is 6.42 Å². The lowest BCUT2D eigenvalue weighted by Gasteiger charge is -2.20. The predicted octanol–water partition coefficient (Wildman–Crippen LogP) is 2.68. The molecule has 0 radical (unpaired) electrons. The summed E-state index contributed by atoms with van der Waals surface area (Å²) in [5.74, 6) is 0.506. The van der Waals surface area contributed by atoms with Crippen molar-refractivity contribution in [3.05, 3.63) is 0 Å². The lowest BCUT2D eigenvalue weighted by molar-refractivity contribution is -0.133. The molecule has 0 N–H and O–H groups in total. The summed E-state index contributed by atoms with van der Waals surface area (Å²) in [6.07, 6.45) is 4.41. The summed E-state index contributed by atoms with van der Waals surface area (Å²) in [7, 11) is 1.90. The van der Waals surface area contributed by atoms with Gasteiger partial charge in [-0.3, -0.25) is 4.79 Å². The van der Waals surface area contributed by atoms with Gasteiger partial charge in [0, 0.05) is 19.5 Å². The zero-order valence-electron chi connectivity index (χ0n) is 9.47. The van der Waals surface area contributed by atoms with Gasteiger partial charge >= 0.3 is 0 Å². The number of carbonyl (C=O) groups excluding carboxylic acids is 1. The van der Waals surface area contributed by atoms with Gasteiger partial charge in [-0.15, -0.1) is 0 Å². The van der Waals surface area contributed by atoms with Crippen LogP contribution >= 0.6 is 0 Å². The number of unbranched alkanes of at least 4 members (excludes halogenated alkanes) is 1. The van der Waals surface area contributed by atoms with Crippen molar-refractivity contribution < 1.29 is 4.79 Å². The van der Waals surface area contributed by atoms with E-state index in [0.717, 1.165) is 25.8 Å². The molecule has 78 valence electrons. The molecule has 0 bridgehead atoms. The highest BCUT2D eigenvalue weighted by molar-refractivity contribution is 5.78. The fraction of sp³-hybridized carbons (Fsp3) is 0.909. The monoisotopic (exact) mass is 185 g/mol. The van der Waals surface area contributed by atoms with Crippen LogP contribution < -0.4 is 0 Å². The van der Waals surface area contributed by atoms with Crippen LogP contribution in [0.5, 0.6) is 0 Å². The van der Waals surface area contributed by atoms with Gasteiger partial charge in [0.1, 0.15) is 0 Å². The van der Waals surface area contributed by atoms with E-state index in [1.54, 1.807) is 0 Å². The molecule has 0 saturated carbocycles. The molecule has 13 heavy (non-hydrogen) atoms. The minimum atomic E-state index is 0.205. The zero-order chi connectivity index (χ0) is 10.3. The summed E-state index contributed by atoms with van der Waals surface area (Å²) in [5.41, 5.74) is 0. The first kappa shape index (κ1) is 12.5. The van der Waals surface area contributed by atoms with Crippen molar-refractivity contribution in [2.24, 2.45) is 5.92 Å². The average molecular weight is 185 g/mol. The van der Waals surface area contributed by atoms with E-state index in [2.05, 4.69) is 13.8 Å². The molecule has 1 atom stereocenters. The SMILES string of the molecule is CCCCC(C)C(=O)N(C)CCC. The third-order valence-electron chi connectivity index (χ3n) is 2.35. The molecule has 0 aromatic carbocycles. The van der Waals surface area contributed by atoms with E-state index in [4.69, 9.17) is 0 Å². The molecule has 1 amide bonds. The molecule has 2 heteroatoms. The molecule has 0 aromatic heterocycles. The summed E-state index contributed by atoms with van der Waals surface area (Å²) in [5, 5.41) is 0. The Morgan fingerprint density at radius 3 is 2.38 bits per heavy atom.